The van der Waals surface area contributed by atoms with Crippen molar-refractivity contribution < 1.29 is 27.5 Å². The molecule has 2 aromatic rings. The lowest BCUT2D eigenvalue weighted by molar-refractivity contribution is -0.114. The number of rotatable bonds is 5. The monoisotopic (exact) mass is 480 g/mol. The molecular weight excluding hydrogens is 456 g/mol. The van der Waals surface area contributed by atoms with Crippen molar-refractivity contribution in [2.45, 2.75) is 43.5 Å². The lowest BCUT2D eigenvalue weighted by atomic mass is 10.0. The smallest absolute Gasteiger partial charge is 0.415 e. The van der Waals surface area contributed by atoms with E-state index >= 15 is 0 Å². The van der Waals surface area contributed by atoms with Gasteiger partial charge in [-0.1, -0.05) is 23.5 Å². The normalized spacial score (nSPS) is 17.6. The number of anilines is 2. The van der Waals surface area contributed by atoms with E-state index in [-0.39, 0.29) is 41.0 Å². The van der Waals surface area contributed by atoms with Gasteiger partial charge in [0.1, 0.15) is 12.4 Å². The fourth-order valence-corrected chi connectivity index (χ4v) is 7.10. The number of aromatic nitrogens is 1. The van der Waals surface area contributed by atoms with E-state index in [4.69, 9.17) is 9.47 Å². The third-order valence-corrected chi connectivity index (χ3v) is 9.05. The van der Waals surface area contributed by atoms with Crippen LogP contribution in [0.15, 0.2) is 22.4 Å². The molecule has 32 heavy (non-hydrogen) atoms. The minimum absolute atomic E-state index is 0.115. The molecule has 1 fully saturated rings. The van der Waals surface area contributed by atoms with Gasteiger partial charge >= 0.3 is 6.09 Å². The number of nitrogens with zero attached hydrogens (tertiary/aromatic N) is 3. The van der Waals surface area contributed by atoms with Crippen LogP contribution in [0.2, 0.25) is 0 Å². The molecule has 172 valence electrons. The number of cyclic esters (lactones) is 1. The van der Waals surface area contributed by atoms with Gasteiger partial charge in [0, 0.05) is 31.6 Å². The second kappa shape index (κ2) is 8.68. The first-order valence-corrected chi connectivity index (χ1v) is 12.3. The number of sulfonamides is 1. The molecule has 0 spiro atoms. The summed E-state index contributed by atoms with van der Waals surface area (Å²) in [5.74, 6) is 0.271. The Bertz CT molecular complexity index is 1140. The van der Waals surface area contributed by atoms with E-state index < -0.39 is 16.1 Å². The zero-order valence-corrected chi connectivity index (χ0v) is 19.6. The van der Waals surface area contributed by atoms with Crippen LogP contribution >= 0.6 is 11.3 Å². The van der Waals surface area contributed by atoms with Gasteiger partial charge in [-0.15, -0.1) is 0 Å². The number of fused-ring (bicyclic) bond motifs is 1. The molecule has 0 aliphatic carbocycles. The molecule has 3 heterocycles. The predicted octanol–water partition coefficient (Wildman–Crippen LogP) is 2.73. The van der Waals surface area contributed by atoms with Crippen molar-refractivity contribution in [2.75, 3.05) is 30.4 Å². The lowest BCUT2D eigenvalue weighted by Crippen LogP contribution is -2.50. The molecule has 0 saturated carbocycles. The van der Waals surface area contributed by atoms with Crippen LogP contribution in [0.4, 0.5) is 15.6 Å². The zero-order valence-electron chi connectivity index (χ0n) is 18.0. The van der Waals surface area contributed by atoms with Crippen molar-refractivity contribution in [3.63, 3.8) is 0 Å². The number of hydrogen-bond acceptors (Lipinski definition) is 8. The van der Waals surface area contributed by atoms with Gasteiger partial charge in [0.25, 0.3) is 10.0 Å². The number of para-hydroxylation sites is 1. The molecule has 12 heteroatoms. The minimum atomic E-state index is -3.77. The number of amides is 2. The summed E-state index contributed by atoms with van der Waals surface area (Å²) in [4.78, 5) is 29.7. The Morgan fingerprint density at radius 3 is 2.69 bits per heavy atom. The van der Waals surface area contributed by atoms with Gasteiger partial charge in [0.2, 0.25) is 5.91 Å². The van der Waals surface area contributed by atoms with Crippen molar-refractivity contribution in [3.05, 3.63) is 29.5 Å². The van der Waals surface area contributed by atoms with Crippen molar-refractivity contribution in [3.8, 4) is 5.75 Å². The van der Waals surface area contributed by atoms with Crippen LogP contribution in [-0.2, 0) is 26.2 Å². The van der Waals surface area contributed by atoms with Gasteiger partial charge in [0.15, 0.2) is 9.34 Å². The number of thiazole rings is 1. The van der Waals surface area contributed by atoms with Crippen LogP contribution < -0.4 is 15.0 Å². The maximum absolute atomic E-state index is 13.2. The van der Waals surface area contributed by atoms with Crippen LogP contribution in [-0.4, -0.2) is 55.9 Å². The quantitative estimate of drug-likeness (QED) is 0.699. The van der Waals surface area contributed by atoms with E-state index in [0.717, 1.165) is 16.9 Å². The molecule has 4 rings (SSSR count). The Kier molecular flexibility index (Phi) is 6.10. The largest absolute Gasteiger partial charge is 0.495 e. The number of aryl methyl sites for hydroxylation is 1. The number of methoxy groups -OCH3 is 1. The SMILES string of the molecule is COc1cccc2c1N(C1CCN(S(=O)(=O)c3sc(NC(C)=O)nc3C)CC1)C(=O)OC2. The Hall–Kier alpha value is -2.70. The van der Waals surface area contributed by atoms with E-state index in [2.05, 4.69) is 10.3 Å². The first-order chi connectivity index (χ1) is 15.2. The van der Waals surface area contributed by atoms with Crippen LogP contribution in [0, 0.1) is 6.92 Å². The molecule has 1 N–H and O–H groups in total. The molecule has 1 saturated heterocycles. The first-order valence-electron chi connectivity index (χ1n) is 10.1. The highest BCUT2D eigenvalue weighted by Crippen LogP contribution is 2.40. The number of piperidine rings is 1. The molecule has 0 atom stereocenters. The van der Waals surface area contributed by atoms with E-state index in [1.54, 1.807) is 25.0 Å². The van der Waals surface area contributed by atoms with Gasteiger partial charge in [-0.05, 0) is 25.8 Å². The Morgan fingerprint density at radius 1 is 1.31 bits per heavy atom. The molecule has 0 radical (unpaired) electrons. The molecule has 2 aliphatic heterocycles. The topological polar surface area (TPSA) is 118 Å². The van der Waals surface area contributed by atoms with Crippen LogP contribution in [0.5, 0.6) is 5.75 Å². The molecule has 0 bridgehead atoms. The number of carbonyl (C=O) groups excluding carboxylic acids is 2. The molecule has 10 nitrogen and oxygen atoms in total. The molecule has 1 aromatic carbocycles. The summed E-state index contributed by atoms with van der Waals surface area (Å²) < 4.78 is 38.7. The zero-order chi connectivity index (χ0) is 23.0. The van der Waals surface area contributed by atoms with Gasteiger partial charge in [0.05, 0.1) is 18.5 Å². The molecular formula is C20H24N4O6S2. The average Bonchev–Trinajstić information content (AvgIpc) is 3.13. The van der Waals surface area contributed by atoms with E-state index in [1.165, 1.54) is 11.2 Å². The predicted molar refractivity (Wildman–Crippen MR) is 119 cm³/mol. The van der Waals surface area contributed by atoms with Gasteiger partial charge < -0.3 is 14.8 Å². The van der Waals surface area contributed by atoms with E-state index in [0.29, 0.717) is 30.0 Å². The fourth-order valence-electron chi connectivity index (χ4n) is 4.04. The molecule has 0 unspecified atom stereocenters. The number of hydrogen-bond donors (Lipinski definition) is 1. The second-order valence-electron chi connectivity index (χ2n) is 7.60. The third-order valence-electron chi connectivity index (χ3n) is 5.49. The second-order valence-corrected chi connectivity index (χ2v) is 10.7. The summed E-state index contributed by atoms with van der Waals surface area (Å²) in [5.41, 5.74) is 1.88. The van der Waals surface area contributed by atoms with Crippen LogP contribution in [0.1, 0.15) is 31.0 Å². The minimum Gasteiger partial charge on any atom is -0.495 e. The highest BCUT2D eigenvalue weighted by Gasteiger charge is 2.39. The Labute approximate surface area is 190 Å². The van der Waals surface area contributed by atoms with Crippen molar-refractivity contribution in [1.82, 2.24) is 9.29 Å². The molecule has 2 aliphatic rings. The summed E-state index contributed by atoms with van der Waals surface area (Å²) in [6.45, 7) is 3.61. The van der Waals surface area contributed by atoms with E-state index in [1.807, 2.05) is 12.1 Å². The van der Waals surface area contributed by atoms with Gasteiger partial charge in [-0.2, -0.15) is 4.31 Å². The van der Waals surface area contributed by atoms with Gasteiger partial charge in [-0.3, -0.25) is 9.69 Å². The van der Waals surface area contributed by atoms with Crippen molar-refractivity contribution >= 4 is 44.2 Å². The van der Waals surface area contributed by atoms with Gasteiger partial charge in [-0.25, -0.2) is 18.2 Å². The van der Waals surface area contributed by atoms with Crippen molar-refractivity contribution in [1.29, 1.82) is 0 Å². The summed E-state index contributed by atoms with van der Waals surface area (Å²) in [6.07, 6.45) is 0.436. The Morgan fingerprint density at radius 2 is 2.03 bits per heavy atom. The van der Waals surface area contributed by atoms with E-state index in [9.17, 15) is 18.0 Å². The summed E-state index contributed by atoms with van der Waals surface area (Å²) in [5, 5.41) is 2.78. The van der Waals surface area contributed by atoms with Crippen LogP contribution in [0.25, 0.3) is 0 Å². The first kappa shape index (κ1) is 22.5. The number of benzene rings is 1. The average molecular weight is 481 g/mol. The molecule has 1 aromatic heterocycles. The van der Waals surface area contributed by atoms with Crippen molar-refractivity contribution in [2.24, 2.45) is 0 Å². The maximum Gasteiger partial charge on any atom is 0.415 e. The summed E-state index contributed by atoms with van der Waals surface area (Å²) >= 11 is 0.940. The Balaban J connectivity index is 1.54. The molecule has 2 amide bonds. The lowest BCUT2D eigenvalue weighted by Gasteiger charge is -2.40. The number of carbonyl (C=O) groups is 2. The highest BCUT2D eigenvalue weighted by atomic mass is 32.2. The summed E-state index contributed by atoms with van der Waals surface area (Å²) in [6, 6.07) is 5.30. The summed E-state index contributed by atoms with van der Waals surface area (Å²) in [7, 11) is -2.22. The fraction of sp³-hybridized carbons (Fsp3) is 0.450. The number of ether oxygens (including phenoxy) is 2. The maximum atomic E-state index is 13.2. The third kappa shape index (κ3) is 4.05. The standard InChI is InChI=1S/C20H24N4O6S2/c1-12-18(31-19(21-12)22-13(2)25)32(27,28)23-9-7-15(8-10-23)24-17-14(11-30-20(24)26)5-4-6-16(17)29-3/h4-6,15H,7-11H2,1-3H3,(H,21,22,25). The highest BCUT2D eigenvalue weighted by molar-refractivity contribution is 7.91. The number of nitrogens with one attached hydrogen (secondary N) is 1. The van der Waals surface area contributed by atoms with Crippen LogP contribution in [0.3, 0.4) is 0 Å².